The normalized spacial score (nSPS) is 11.8. The second kappa shape index (κ2) is 58.5. The smallest absolute Gasteiger partial charge is 0.399 e. The average molecular weight is 1960 g/mol. The first kappa shape index (κ1) is 116. The largest absolute Gasteiger partial charge is 0.416 e. The third-order valence-electron chi connectivity index (χ3n) is 23.8. The van der Waals surface area contributed by atoms with Crippen LogP contribution in [0.4, 0.5) is 83.7 Å². The number of nitrogen functional groups attached to an aromatic ring is 2. The van der Waals surface area contributed by atoms with Crippen LogP contribution in [0.2, 0.25) is 0 Å². The Kier molecular flexibility index (Phi) is 48.2. The molecule has 7 N–H and O–H groups in total. The summed E-state index contributed by atoms with van der Waals surface area (Å²) in [4.78, 5) is 6.31. The molecule has 1 saturated carbocycles. The van der Waals surface area contributed by atoms with Crippen LogP contribution in [-0.4, -0.2) is 25.9 Å². The Balaban J connectivity index is 0.000000217. The van der Waals surface area contributed by atoms with Crippen molar-refractivity contribution in [2.75, 3.05) is 53.0 Å². The second-order valence-corrected chi connectivity index (χ2v) is 40.6. The summed E-state index contributed by atoms with van der Waals surface area (Å²) in [6, 6.07) is 106. The molecular formula is C123H148F10N6S2. The predicted octanol–water partition coefficient (Wildman–Crippen LogP) is 38.2. The van der Waals surface area contributed by atoms with E-state index in [9.17, 15) is 43.9 Å². The van der Waals surface area contributed by atoms with Crippen LogP contribution in [-0.2, 0) is 25.3 Å². The summed E-state index contributed by atoms with van der Waals surface area (Å²) in [5.74, 6) is -2.32. The number of halogens is 10. The van der Waals surface area contributed by atoms with Crippen molar-refractivity contribution in [2.24, 2.45) is 0 Å². The molecule has 141 heavy (non-hydrogen) atoms. The molecule has 0 spiro atoms. The van der Waals surface area contributed by atoms with E-state index in [0.29, 0.717) is 41.4 Å². The van der Waals surface area contributed by atoms with Crippen LogP contribution in [0, 0.1) is 30.2 Å². The zero-order chi connectivity index (χ0) is 104. The average Bonchev–Trinajstić information content (AvgIpc) is 0.780. The highest BCUT2D eigenvalue weighted by molar-refractivity contribution is 8.00. The molecular weight excluding hydrogens is 1820 g/mol. The molecule has 6 nitrogen and oxygen atoms in total. The molecule has 14 aromatic carbocycles. The van der Waals surface area contributed by atoms with E-state index >= 15 is 0 Å². The summed E-state index contributed by atoms with van der Waals surface area (Å²) in [6.07, 6.45) is -1.34. The molecule has 0 unspecified atom stereocenters. The fourth-order valence-corrected chi connectivity index (χ4v) is 18.3. The maximum atomic E-state index is 13.2. The van der Waals surface area contributed by atoms with E-state index in [0.717, 1.165) is 66.4 Å². The summed E-state index contributed by atoms with van der Waals surface area (Å²) in [6.45, 7) is 39.9. The highest BCUT2D eigenvalue weighted by Gasteiger charge is 2.37. The number of nitrogens with zero attached hydrogens (tertiary/aromatic N) is 1. The molecule has 0 heterocycles. The van der Waals surface area contributed by atoms with Crippen molar-refractivity contribution in [3.05, 3.63) is 417 Å². The van der Waals surface area contributed by atoms with Gasteiger partial charge in [-0.15, -0.1) is 11.8 Å². The van der Waals surface area contributed by atoms with Gasteiger partial charge in [-0.05, 0) is 238 Å². The van der Waals surface area contributed by atoms with E-state index < -0.39 is 69.7 Å². The fourth-order valence-electron chi connectivity index (χ4n) is 15.6. The summed E-state index contributed by atoms with van der Waals surface area (Å²) in [7, 11) is 4.14. The molecule has 0 saturated heterocycles. The summed E-state index contributed by atoms with van der Waals surface area (Å²) in [5, 5.41) is 14.0. The minimum atomic E-state index is -4.77. The van der Waals surface area contributed by atoms with Crippen molar-refractivity contribution in [3.63, 3.8) is 0 Å². The van der Waals surface area contributed by atoms with Crippen LogP contribution >= 0.6 is 23.5 Å². The van der Waals surface area contributed by atoms with Gasteiger partial charge in [0.15, 0.2) is 23.3 Å². The Hall–Kier alpha value is -11.9. The van der Waals surface area contributed by atoms with Gasteiger partial charge in [-0.25, -0.2) is 17.6 Å². The maximum Gasteiger partial charge on any atom is 0.416 e. The number of anilines is 7. The van der Waals surface area contributed by atoms with Gasteiger partial charge in [0.25, 0.3) is 0 Å². The van der Waals surface area contributed by atoms with Crippen molar-refractivity contribution in [3.8, 4) is 0 Å². The van der Waals surface area contributed by atoms with Crippen LogP contribution in [0.1, 0.15) is 288 Å². The van der Waals surface area contributed by atoms with Gasteiger partial charge >= 0.3 is 12.4 Å². The number of nitrogens with one attached hydrogen (secondary N) is 3. The quantitative estimate of drug-likeness (QED) is 0.0246. The molecule has 0 radical (unpaired) electrons. The van der Waals surface area contributed by atoms with Crippen LogP contribution in [0.15, 0.2) is 330 Å². The fraction of sp³-hybridized carbons (Fsp3) is 0.333. The molecule has 15 rings (SSSR count). The van der Waals surface area contributed by atoms with Gasteiger partial charge in [0, 0.05) is 103 Å². The van der Waals surface area contributed by atoms with Gasteiger partial charge in [0.05, 0.1) is 11.1 Å². The monoisotopic (exact) mass is 1960 g/mol. The Labute approximate surface area is 844 Å². The van der Waals surface area contributed by atoms with Crippen molar-refractivity contribution in [1.29, 1.82) is 0 Å². The molecule has 1 aliphatic rings. The number of hydrogen-bond donors (Lipinski definition) is 5. The highest BCUT2D eigenvalue weighted by Crippen LogP contribution is 2.42. The van der Waals surface area contributed by atoms with E-state index in [4.69, 9.17) is 11.5 Å². The van der Waals surface area contributed by atoms with Gasteiger partial charge in [0.1, 0.15) is 0 Å². The lowest BCUT2D eigenvalue weighted by atomic mass is 9.97. The van der Waals surface area contributed by atoms with E-state index in [2.05, 4.69) is 417 Å². The molecule has 18 heteroatoms. The molecule has 1 aliphatic carbocycles. The minimum absolute atomic E-state index is 0.0205. The molecule has 0 atom stereocenters. The number of benzene rings is 14. The third kappa shape index (κ3) is 38.5. The Morgan fingerprint density at radius 3 is 1.25 bits per heavy atom. The van der Waals surface area contributed by atoms with Gasteiger partial charge < -0.3 is 32.3 Å². The first-order valence-electron chi connectivity index (χ1n) is 49.1. The van der Waals surface area contributed by atoms with E-state index in [-0.39, 0.29) is 11.6 Å². The number of rotatable bonds is 23. The van der Waals surface area contributed by atoms with Gasteiger partial charge in [0.2, 0.25) is 0 Å². The zero-order valence-corrected chi connectivity index (χ0v) is 87.8. The number of hydrogen-bond acceptors (Lipinski definition) is 8. The van der Waals surface area contributed by atoms with Crippen molar-refractivity contribution >= 4 is 74.1 Å². The topological polar surface area (TPSA) is 91.4 Å². The van der Waals surface area contributed by atoms with Gasteiger partial charge in [-0.2, -0.15) is 26.3 Å². The lowest BCUT2D eigenvalue weighted by molar-refractivity contribution is -0.143. The molecule has 0 amide bonds. The highest BCUT2D eigenvalue weighted by atomic mass is 32.2. The number of alkyl halides is 6. The van der Waals surface area contributed by atoms with Crippen LogP contribution < -0.4 is 32.3 Å². The standard InChI is InChI=1S/C19H19N.C17H21N.C16H19N.C15H22S.C15H16S.C11H10F6.C11H17N.C10H10F4.C9H14N2/c1-14(2)16-10-5-6-12-18(16)20-19-13-7-9-15-8-3-4-11-17(15)19;1-14(2)16-10-6-7-11-17(16)18-13-12-15-8-4-3-5-9-15;1-13(2)15-10-6-7-11-16(15)17-12-14-8-4-3-5-9-14;2*1-12(2)14-10-6-7-11-15(14)16-13-8-4-3-5-9-13;1-6(2)7-3-8(10(12,13)14)5-9(4-7)11(15,16)17;1-9(2)10-6-5-7-11(8-10)12(3)4;1-4(2)6-9(13)7(11)5(3)8(12)10(6)14;1-6(2)8-5-7(10)3-4-9(8)11/h3-14,20H,1-2H3;3-11,14,18H,12-13H2,1-2H3;3-11,13,17H,12H2,1-2H3;6-7,10-13H,3-5,8-9H2,1-2H3;3-12H,1-2H3;3-6H,1-2H3;5-9H,1-4H3;4H,1-3H3;3-6H,10-11H2,1-2H3. The van der Waals surface area contributed by atoms with E-state index in [1.807, 2.05) is 36.0 Å². The van der Waals surface area contributed by atoms with E-state index in [1.165, 1.54) is 153 Å². The molecule has 1 fully saturated rings. The Bertz CT molecular complexity index is 5940. The third-order valence-corrected chi connectivity index (χ3v) is 26.3. The van der Waals surface area contributed by atoms with Crippen molar-refractivity contribution in [1.82, 2.24) is 0 Å². The van der Waals surface area contributed by atoms with Gasteiger partial charge in [-0.3, -0.25) is 0 Å². The molecule has 0 aromatic heterocycles. The van der Waals surface area contributed by atoms with E-state index in [1.54, 1.807) is 0 Å². The lowest BCUT2D eigenvalue weighted by Crippen LogP contribution is -2.12. The minimum Gasteiger partial charge on any atom is -0.399 e. The van der Waals surface area contributed by atoms with Crippen LogP contribution in [0.3, 0.4) is 0 Å². The first-order chi connectivity index (χ1) is 66.9. The molecule has 752 valence electrons. The molecule has 0 bridgehead atoms. The van der Waals surface area contributed by atoms with Crippen molar-refractivity contribution in [2.45, 2.75) is 262 Å². The Morgan fingerprint density at radius 1 is 0.355 bits per heavy atom. The number of fused-ring (bicyclic) bond motifs is 1. The Morgan fingerprint density at radius 2 is 0.766 bits per heavy atom. The molecule has 0 aliphatic heterocycles. The van der Waals surface area contributed by atoms with Gasteiger partial charge in [-0.1, -0.05) is 374 Å². The van der Waals surface area contributed by atoms with Crippen LogP contribution in [0.25, 0.3) is 10.8 Å². The van der Waals surface area contributed by atoms with Crippen molar-refractivity contribution < 1.29 is 43.9 Å². The zero-order valence-electron chi connectivity index (χ0n) is 86.2. The maximum absolute atomic E-state index is 13.2. The summed E-state index contributed by atoms with van der Waals surface area (Å²) >= 11 is 3.96. The first-order valence-corrected chi connectivity index (χ1v) is 50.8. The summed E-state index contributed by atoms with van der Waals surface area (Å²) in [5.41, 5.74) is 27.7. The number of para-hydroxylation sites is 3. The molecule has 14 aromatic rings. The summed E-state index contributed by atoms with van der Waals surface area (Å²) < 4.78 is 127. The second-order valence-electron chi connectivity index (χ2n) is 38.2. The number of nitrogens with two attached hydrogens (primary N) is 2. The predicted molar refractivity (Wildman–Crippen MR) is 585 cm³/mol. The lowest BCUT2D eigenvalue weighted by Gasteiger charge is -2.22. The number of thioether (sulfide) groups is 1. The van der Waals surface area contributed by atoms with Crippen LogP contribution in [0.5, 0.6) is 0 Å². The SMILES string of the molecule is CC(C)c1cc(C(F)(F)F)cc(C(F)(F)F)c1.CC(C)c1cc(N)ccc1N.CC(C)c1cccc(N(C)C)c1.CC(C)c1ccccc1NCCc1ccccc1.CC(C)c1ccccc1NCc1ccccc1.CC(C)c1ccccc1Nc1cccc2ccccc12.CC(C)c1ccccc1SC1CCCCC1.CC(C)c1ccccc1Sc1ccccc1.Cc1c(F)c(F)c(C(C)C)c(F)c1F.